The van der Waals surface area contributed by atoms with E-state index < -0.39 is 20.7 Å². The molecule has 1 aromatic rings. The number of aryl methyl sites for hydroxylation is 1. The van der Waals surface area contributed by atoms with Crippen molar-refractivity contribution in [3.63, 3.8) is 0 Å². The fourth-order valence-electron chi connectivity index (χ4n) is 0.849. The van der Waals surface area contributed by atoms with Crippen LogP contribution in [0.5, 0.6) is 0 Å². The Kier molecular flexibility index (Phi) is 2.61. The van der Waals surface area contributed by atoms with E-state index >= 15 is 0 Å². The Hall–Kier alpha value is -0.650. The van der Waals surface area contributed by atoms with Gasteiger partial charge in [-0.1, -0.05) is 11.6 Å². The number of hydrogen-bond donors (Lipinski definition) is 1. The lowest BCUT2D eigenvalue weighted by Crippen LogP contribution is -2.14. The van der Waals surface area contributed by atoms with Crippen molar-refractivity contribution in [3.05, 3.63) is 28.5 Å². The van der Waals surface area contributed by atoms with Crippen molar-refractivity contribution in [1.29, 1.82) is 0 Å². The number of hydrogen-bond acceptors (Lipinski definition) is 2. The number of sulfonamides is 1. The number of primary sulfonamides is 1. The topological polar surface area (TPSA) is 60.2 Å². The Morgan fingerprint density at radius 2 is 2.00 bits per heavy atom. The second-order valence-corrected chi connectivity index (χ2v) is 4.51. The van der Waals surface area contributed by atoms with Crippen molar-refractivity contribution in [1.82, 2.24) is 0 Å². The molecule has 1 aromatic carbocycles. The van der Waals surface area contributed by atoms with Crippen LogP contribution in [0.1, 0.15) is 5.56 Å². The number of benzene rings is 1. The smallest absolute Gasteiger partial charge is 0.225 e. The molecule has 1 rings (SSSR count). The molecule has 0 amide bonds. The summed E-state index contributed by atoms with van der Waals surface area (Å²) in [6, 6.07) is 2.03. The highest BCUT2D eigenvalue weighted by Crippen LogP contribution is 2.22. The van der Waals surface area contributed by atoms with Crippen molar-refractivity contribution in [2.75, 3.05) is 0 Å². The van der Waals surface area contributed by atoms with E-state index in [2.05, 4.69) is 0 Å². The van der Waals surface area contributed by atoms with Crippen LogP contribution < -0.4 is 5.14 Å². The molecule has 0 atom stereocenters. The fourth-order valence-corrected chi connectivity index (χ4v) is 1.67. The lowest BCUT2D eigenvalue weighted by atomic mass is 10.2. The van der Waals surface area contributed by atoms with Gasteiger partial charge in [0.1, 0.15) is 10.7 Å². The van der Waals surface area contributed by atoms with Crippen LogP contribution in [0.15, 0.2) is 17.0 Å². The molecule has 3 nitrogen and oxygen atoms in total. The maximum absolute atomic E-state index is 13.0. The molecule has 0 saturated carbocycles. The fraction of sp³-hybridized carbons (Fsp3) is 0.143. The molecule has 0 fully saturated rings. The molecule has 0 unspecified atom stereocenters. The maximum atomic E-state index is 13.0. The molecule has 0 aromatic heterocycles. The lowest BCUT2D eigenvalue weighted by Gasteiger charge is -2.03. The van der Waals surface area contributed by atoms with Crippen molar-refractivity contribution >= 4 is 21.6 Å². The molecular formula is C7H7ClFNO2S. The zero-order valence-electron chi connectivity index (χ0n) is 6.71. The van der Waals surface area contributed by atoms with Gasteiger partial charge in [0.15, 0.2) is 0 Å². The summed E-state index contributed by atoms with van der Waals surface area (Å²) in [5, 5.41) is 4.94. The van der Waals surface area contributed by atoms with Gasteiger partial charge >= 0.3 is 0 Å². The molecule has 0 radical (unpaired) electrons. The summed E-state index contributed by atoms with van der Waals surface area (Å²) < 4.78 is 34.6. The SMILES string of the molecule is Cc1cc(S(N)(=O)=O)c(F)cc1Cl. The second-order valence-electron chi connectivity index (χ2n) is 2.58. The highest BCUT2D eigenvalue weighted by atomic mass is 35.5. The summed E-state index contributed by atoms with van der Waals surface area (Å²) >= 11 is 5.56. The van der Waals surface area contributed by atoms with E-state index in [1.54, 1.807) is 6.92 Å². The monoisotopic (exact) mass is 223 g/mol. The molecule has 13 heavy (non-hydrogen) atoms. The summed E-state index contributed by atoms with van der Waals surface area (Å²) in [5.74, 6) is -0.932. The van der Waals surface area contributed by atoms with Crippen LogP contribution in [0.4, 0.5) is 4.39 Å². The molecule has 2 N–H and O–H groups in total. The first-order valence-electron chi connectivity index (χ1n) is 3.31. The van der Waals surface area contributed by atoms with E-state index in [9.17, 15) is 12.8 Å². The summed E-state index contributed by atoms with van der Waals surface area (Å²) in [7, 11) is -4.01. The second kappa shape index (κ2) is 3.25. The third-order valence-electron chi connectivity index (χ3n) is 1.52. The number of halogens is 2. The van der Waals surface area contributed by atoms with Gasteiger partial charge in [-0.15, -0.1) is 0 Å². The highest BCUT2D eigenvalue weighted by Gasteiger charge is 2.15. The molecule has 0 bridgehead atoms. The van der Waals surface area contributed by atoms with Crippen LogP contribution in [0, 0.1) is 12.7 Å². The summed E-state index contributed by atoms with van der Waals surface area (Å²) in [4.78, 5) is -0.533. The van der Waals surface area contributed by atoms with Crippen molar-refractivity contribution in [2.45, 2.75) is 11.8 Å². The molecule has 6 heteroatoms. The van der Waals surface area contributed by atoms with Gasteiger partial charge in [0.05, 0.1) is 0 Å². The van der Waals surface area contributed by atoms with E-state index in [-0.39, 0.29) is 5.02 Å². The van der Waals surface area contributed by atoms with Crippen LogP contribution in [-0.2, 0) is 10.0 Å². The number of nitrogens with two attached hydrogens (primary N) is 1. The predicted octanol–water partition coefficient (Wildman–Crippen LogP) is 1.43. The Morgan fingerprint density at radius 3 is 2.46 bits per heavy atom. The zero-order valence-corrected chi connectivity index (χ0v) is 8.29. The van der Waals surface area contributed by atoms with Gasteiger partial charge in [-0.05, 0) is 24.6 Å². The summed E-state index contributed by atoms with van der Waals surface area (Å²) in [5.41, 5.74) is 0.465. The van der Waals surface area contributed by atoms with Gasteiger partial charge in [0.25, 0.3) is 0 Å². The van der Waals surface area contributed by atoms with Gasteiger partial charge in [-0.25, -0.2) is 17.9 Å². The Labute approximate surface area is 80.4 Å². The van der Waals surface area contributed by atoms with Gasteiger partial charge in [0.2, 0.25) is 10.0 Å². The van der Waals surface area contributed by atoms with Gasteiger partial charge in [-0.2, -0.15) is 0 Å². The minimum Gasteiger partial charge on any atom is -0.225 e. The molecule has 0 heterocycles. The first kappa shape index (κ1) is 10.4. The Bertz CT molecular complexity index is 444. The van der Waals surface area contributed by atoms with E-state index in [0.717, 1.165) is 12.1 Å². The maximum Gasteiger partial charge on any atom is 0.240 e. The van der Waals surface area contributed by atoms with Crippen molar-refractivity contribution < 1.29 is 12.8 Å². The van der Waals surface area contributed by atoms with E-state index in [4.69, 9.17) is 16.7 Å². The molecule has 72 valence electrons. The van der Waals surface area contributed by atoms with E-state index in [1.807, 2.05) is 0 Å². The molecule has 0 saturated heterocycles. The van der Waals surface area contributed by atoms with E-state index in [0.29, 0.717) is 5.56 Å². The summed E-state index contributed by atoms with van der Waals surface area (Å²) in [6.45, 7) is 1.57. The summed E-state index contributed by atoms with van der Waals surface area (Å²) in [6.07, 6.45) is 0. The Balaban J connectivity index is 3.50. The van der Waals surface area contributed by atoms with Crippen molar-refractivity contribution in [2.24, 2.45) is 5.14 Å². The first-order valence-corrected chi connectivity index (χ1v) is 5.23. The van der Waals surface area contributed by atoms with Gasteiger partial charge in [-0.3, -0.25) is 0 Å². The van der Waals surface area contributed by atoms with Crippen LogP contribution in [0.25, 0.3) is 0 Å². The van der Waals surface area contributed by atoms with Crippen LogP contribution in [-0.4, -0.2) is 8.42 Å². The Morgan fingerprint density at radius 1 is 1.46 bits per heavy atom. The highest BCUT2D eigenvalue weighted by molar-refractivity contribution is 7.89. The minimum absolute atomic E-state index is 0.171. The zero-order chi connectivity index (χ0) is 10.2. The largest absolute Gasteiger partial charge is 0.240 e. The average Bonchev–Trinajstić information content (AvgIpc) is 1.94. The minimum atomic E-state index is -4.01. The molecular weight excluding hydrogens is 217 g/mol. The first-order chi connectivity index (χ1) is 5.82. The van der Waals surface area contributed by atoms with Gasteiger partial charge in [0, 0.05) is 5.02 Å². The predicted molar refractivity (Wildman–Crippen MR) is 47.5 cm³/mol. The molecule has 0 aliphatic carbocycles. The quantitative estimate of drug-likeness (QED) is 0.783. The van der Waals surface area contributed by atoms with Gasteiger partial charge < -0.3 is 0 Å². The standard InChI is InChI=1S/C7H7ClFNO2S/c1-4-2-7(13(10,11)12)6(9)3-5(4)8/h2-3H,1H3,(H2,10,11,12). The molecule has 0 aliphatic heterocycles. The van der Waals surface area contributed by atoms with Crippen molar-refractivity contribution in [3.8, 4) is 0 Å². The van der Waals surface area contributed by atoms with Crippen LogP contribution in [0.2, 0.25) is 5.02 Å². The average molecular weight is 224 g/mol. The third-order valence-corrected chi connectivity index (χ3v) is 2.85. The van der Waals surface area contributed by atoms with E-state index in [1.165, 1.54) is 0 Å². The van der Waals surface area contributed by atoms with Crippen LogP contribution >= 0.6 is 11.6 Å². The third kappa shape index (κ3) is 2.18. The normalized spacial score (nSPS) is 11.7. The number of rotatable bonds is 1. The van der Waals surface area contributed by atoms with Crippen LogP contribution in [0.3, 0.4) is 0 Å². The molecule has 0 spiro atoms. The molecule has 0 aliphatic rings. The lowest BCUT2D eigenvalue weighted by molar-refractivity contribution is 0.567.